The zero-order chi connectivity index (χ0) is 23.5. The summed E-state index contributed by atoms with van der Waals surface area (Å²) in [6.45, 7) is 7.79. The van der Waals surface area contributed by atoms with Gasteiger partial charge in [0.15, 0.2) is 0 Å². The fourth-order valence-corrected chi connectivity index (χ4v) is 4.12. The van der Waals surface area contributed by atoms with E-state index < -0.39 is 5.97 Å². The van der Waals surface area contributed by atoms with Crippen LogP contribution in [0.5, 0.6) is 5.75 Å². The van der Waals surface area contributed by atoms with Gasteiger partial charge in [0.25, 0.3) is 5.91 Å². The van der Waals surface area contributed by atoms with Crippen molar-refractivity contribution >= 4 is 22.9 Å². The predicted molar refractivity (Wildman–Crippen MR) is 130 cm³/mol. The van der Waals surface area contributed by atoms with E-state index in [1.54, 1.807) is 28.8 Å². The molecule has 0 fully saturated rings. The number of esters is 1. The molecule has 3 aromatic carbocycles. The van der Waals surface area contributed by atoms with E-state index in [1.807, 2.05) is 24.3 Å². The van der Waals surface area contributed by atoms with Gasteiger partial charge >= 0.3 is 5.97 Å². The Labute approximate surface area is 194 Å². The summed E-state index contributed by atoms with van der Waals surface area (Å²) in [4.78, 5) is 30.2. The molecule has 0 radical (unpaired) electrons. The molecule has 0 aliphatic rings. The van der Waals surface area contributed by atoms with E-state index in [2.05, 4.69) is 45.0 Å². The van der Waals surface area contributed by atoms with E-state index in [-0.39, 0.29) is 17.6 Å². The molecule has 5 heteroatoms. The molecule has 0 aliphatic carbocycles. The highest BCUT2D eigenvalue weighted by Crippen LogP contribution is 2.30. The Balaban J connectivity index is 1.80. The number of rotatable bonds is 6. The Morgan fingerprint density at radius 1 is 0.909 bits per heavy atom. The quantitative estimate of drug-likeness (QED) is 0.272. The fraction of sp³-hybridized carbons (Fsp3) is 0.250. The average molecular weight is 441 g/mol. The highest BCUT2D eigenvalue weighted by Gasteiger charge is 2.25. The van der Waals surface area contributed by atoms with Crippen LogP contribution in [0.15, 0.2) is 72.8 Å². The molecule has 168 valence electrons. The summed E-state index contributed by atoms with van der Waals surface area (Å²) in [7, 11) is 0. The second-order valence-electron chi connectivity index (χ2n) is 8.75. The molecular formula is C28H28N2O3. The first-order valence-electron chi connectivity index (χ1n) is 11.2. The van der Waals surface area contributed by atoms with Gasteiger partial charge in [0, 0.05) is 12.8 Å². The van der Waals surface area contributed by atoms with E-state index >= 15 is 0 Å². The topological polar surface area (TPSA) is 61.2 Å². The third-order valence-electron chi connectivity index (χ3n) is 5.67. The Hall–Kier alpha value is -3.73. The van der Waals surface area contributed by atoms with Crippen molar-refractivity contribution in [1.82, 2.24) is 9.55 Å². The van der Waals surface area contributed by atoms with Gasteiger partial charge in [0.05, 0.1) is 16.6 Å². The second-order valence-corrected chi connectivity index (χ2v) is 8.75. The number of nitrogens with zero attached hydrogens (tertiary/aromatic N) is 2. The first-order valence-corrected chi connectivity index (χ1v) is 11.2. The molecule has 0 aliphatic heterocycles. The van der Waals surface area contributed by atoms with E-state index in [9.17, 15) is 9.59 Å². The van der Waals surface area contributed by atoms with Gasteiger partial charge in [-0.15, -0.1) is 0 Å². The zero-order valence-electron chi connectivity index (χ0n) is 19.4. The van der Waals surface area contributed by atoms with Crippen molar-refractivity contribution in [2.75, 3.05) is 0 Å². The van der Waals surface area contributed by atoms with Crippen LogP contribution in [0.25, 0.3) is 11.0 Å². The van der Waals surface area contributed by atoms with Crippen LogP contribution in [0.1, 0.15) is 60.9 Å². The number of para-hydroxylation sites is 3. The lowest BCUT2D eigenvalue weighted by Gasteiger charge is -2.16. The minimum atomic E-state index is -0.471. The standard InChI is InChI=1S/C28H28N2O3/c1-18(2)17-21-13-15-22(16-14-21)19(3)27-29-24-10-6-7-11-25(24)30(27)28(32)23-9-5-8-12-26(23)33-20(4)31/h5-16,18-19H,17H2,1-4H3. The maximum Gasteiger partial charge on any atom is 0.308 e. The van der Waals surface area contributed by atoms with Crippen LogP contribution in [0.2, 0.25) is 0 Å². The summed E-state index contributed by atoms with van der Waals surface area (Å²) in [6.07, 6.45) is 1.03. The summed E-state index contributed by atoms with van der Waals surface area (Å²) in [5.74, 6) is 0.613. The molecule has 0 N–H and O–H groups in total. The van der Waals surface area contributed by atoms with Crippen LogP contribution in [0, 0.1) is 5.92 Å². The molecular weight excluding hydrogens is 412 g/mol. The minimum Gasteiger partial charge on any atom is -0.426 e. The summed E-state index contributed by atoms with van der Waals surface area (Å²) in [6, 6.07) is 22.9. The predicted octanol–water partition coefficient (Wildman–Crippen LogP) is 6.00. The van der Waals surface area contributed by atoms with Gasteiger partial charge in [-0.2, -0.15) is 0 Å². The molecule has 33 heavy (non-hydrogen) atoms. The monoisotopic (exact) mass is 440 g/mol. The number of hydrogen-bond acceptors (Lipinski definition) is 4. The van der Waals surface area contributed by atoms with E-state index in [1.165, 1.54) is 12.5 Å². The minimum absolute atomic E-state index is 0.115. The van der Waals surface area contributed by atoms with Gasteiger partial charge in [0.1, 0.15) is 11.6 Å². The van der Waals surface area contributed by atoms with Gasteiger partial charge in [-0.3, -0.25) is 14.2 Å². The lowest BCUT2D eigenvalue weighted by molar-refractivity contribution is -0.131. The number of aromatic nitrogens is 2. The van der Waals surface area contributed by atoms with Crippen LogP contribution in [-0.4, -0.2) is 21.4 Å². The van der Waals surface area contributed by atoms with Crippen LogP contribution in [-0.2, 0) is 11.2 Å². The first-order chi connectivity index (χ1) is 15.8. The Kier molecular flexibility index (Phi) is 6.40. The number of carbonyl (C=O) groups excluding carboxylic acids is 2. The molecule has 4 rings (SSSR count). The summed E-state index contributed by atoms with van der Waals surface area (Å²) >= 11 is 0. The van der Waals surface area contributed by atoms with Crippen LogP contribution in [0.3, 0.4) is 0 Å². The molecule has 1 unspecified atom stereocenters. The normalized spacial score (nSPS) is 12.2. The Morgan fingerprint density at radius 2 is 1.58 bits per heavy atom. The van der Waals surface area contributed by atoms with Crippen LogP contribution < -0.4 is 4.74 Å². The van der Waals surface area contributed by atoms with Gasteiger partial charge in [-0.1, -0.05) is 69.3 Å². The van der Waals surface area contributed by atoms with Crippen molar-refractivity contribution in [3.8, 4) is 5.75 Å². The van der Waals surface area contributed by atoms with Crippen molar-refractivity contribution in [2.24, 2.45) is 5.92 Å². The SMILES string of the molecule is CC(=O)Oc1ccccc1C(=O)n1c(C(C)c2ccc(CC(C)C)cc2)nc2ccccc21. The molecule has 0 saturated heterocycles. The molecule has 1 atom stereocenters. The molecule has 0 amide bonds. The second kappa shape index (κ2) is 9.41. The summed E-state index contributed by atoms with van der Waals surface area (Å²) in [5.41, 5.74) is 4.16. The Bertz CT molecular complexity index is 1300. The van der Waals surface area contributed by atoms with Gasteiger partial charge in [0.2, 0.25) is 0 Å². The van der Waals surface area contributed by atoms with Crippen molar-refractivity contribution in [3.63, 3.8) is 0 Å². The van der Waals surface area contributed by atoms with E-state index in [0.29, 0.717) is 17.3 Å². The van der Waals surface area contributed by atoms with Crippen molar-refractivity contribution in [3.05, 3.63) is 95.3 Å². The summed E-state index contributed by atoms with van der Waals surface area (Å²) in [5, 5.41) is 0. The van der Waals surface area contributed by atoms with Crippen molar-refractivity contribution in [1.29, 1.82) is 0 Å². The number of ether oxygens (including phenoxy) is 1. The molecule has 1 heterocycles. The lowest BCUT2D eigenvalue weighted by Crippen LogP contribution is -2.19. The highest BCUT2D eigenvalue weighted by atomic mass is 16.5. The molecule has 1 aromatic heterocycles. The number of benzene rings is 3. The van der Waals surface area contributed by atoms with Crippen molar-refractivity contribution < 1.29 is 14.3 Å². The maximum absolute atomic E-state index is 13.8. The van der Waals surface area contributed by atoms with Crippen molar-refractivity contribution in [2.45, 2.75) is 40.0 Å². The smallest absolute Gasteiger partial charge is 0.308 e. The Morgan fingerprint density at radius 3 is 2.27 bits per heavy atom. The highest BCUT2D eigenvalue weighted by molar-refractivity contribution is 6.04. The first kappa shape index (κ1) is 22.5. The fourth-order valence-electron chi connectivity index (χ4n) is 4.12. The zero-order valence-corrected chi connectivity index (χ0v) is 19.4. The van der Waals surface area contributed by atoms with Crippen LogP contribution >= 0.6 is 0 Å². The van der Waals surface area contributed by atoms with E-state index in [0.717, 1.165) is 23.0 Å². The van der Waals surface area contributed by atoms with Gasteiger partial charge in [-0.05, 0) is 47.7 Å². The molecule has 5 nitrogen and oxygen atoms in total. The molecule has 0 saturated carbocycles. The largest absolute Gasteiger partial charge is 0.426 e. The summed E-state index contributed by atoms with van der Waals surface area (Å²) < 4.78 is 6.96. The van der Waals surface area contributed by atoms with Gasteiger partial charge in [-0.25, -0.2) is 4.98 Å². The maximum atomic E-state index is 13.8. The van der Waals surface area contributed by atoms with E-state index in [4.69, 9.17) is 9.72 Å². The third-order valence-corrected chi connectivity index (χ3v) is 5.67. The molecule has 0 bridgehead atoms. The number of imidazole rings is 1. The average Bonchev–Trinajstić information content (AvgIpc) is 3.18. The van der Waals surface area contributed by atoms with Crippen LogP contribution in [0.4, 0.5) is 0 Å². The number of carbonyl (C=O) groups is 2. The number of hydrogen-bond donors (Lipinski definition) is 0. The molecule has 4 aromatic rings. The number of fused-ring (bicyclic) bond motifs is 1. The third kappa shape index (κ3) is 4.72. The van der Waals surface area contributed by atoms with Gasteiger partial charge < -0.3 is 4.74 Å². The molecule has 0 spiro atoms. The lowest BCUT2D eigenvalue weighted by atomic mass is 9.96.